The fourth-order valence-corrected chi connectivity index (χ4v) is 3.29. The van der Waals surface area contributed by atoms with Crippen LogP contribution in [0, 0.1) is 12.7 Å². The van der Waals surface area contributed by atoms with Gasteiger partial charge in [-0.3, -0.25) is 4.68 Å². The van der Waals surface area contributed by atoms with Crippen LogP contribution < -0.4 is 0 Å². The van der Waals surface area contributed by atoms with E-state index in [1.165, 1.54) is 17.8 Å². The third-order valence-corrected chi connectivity index (χ3v) is 4.75. The molecule has 1 aromatic carbocycles. The Hall–Kier alpha value is -0.810. The van der Waals surface area contributed by atoms with E-state index in [0.29, 0.717) is 10.6 Å². The summed E-state index contributed by atoms with van der Waals surface area (Å²) < 4.78 is 16.5. The van der Waals surface area contributed by atoms with Gasteiger partial charge in [0.05, 0.1) is 15.9 Å². The van der Waals surface area contributed by atoms with E-state index in [2.05, 4.69) is 28.0 Å². The molecule has 0 saturated heterocycles. The summed E-state index contributed by atoms with van der Waals surface area (Å²) in [4.78, 5) is 0.672. The van der Waals surface area contributed by atoms with Crippen LogP contribution in [-0.4, -0.2) is 9.78 Å². The maximum Gasteiger partial charge on any atom is 0.136 e. The zero-order valence-corrected chi connectivity index (χ0v) is 12.7. The van der Waals surface area contributed by atoms with Crippen molar-refractivity contribution in [2.75, 3.05) is 0 Å². The monoisotopic (exact) mass is 328 g/mol. The first-order chi connectivity index (χ1) is 8.63. The molecule has 0 aliphatic heterocycles. The van der Waals surface area contributed by atoms with Crippen LogP contribution in [0.15, 0.2) is 33.6 Å². The summed E-state index contributed by atoms with van der Waals surface area (Å²) >= 11 is 5.03. The second kappa shape index (κ2) is 5.89. The molecule has 2 rings (SSSR count). The Kier molecular flexibility index (Phi) is 4.45. The van der Waals surface area contributed by atoms with Gasteiger partial charge in [-0.15, -0.1) is 11.8 Å². The molecule has 0 unspecified atom stereocenters. The van der Waals surface area contributed by atoms with Gasteiger partial charge in [-0.1, -0.05) is 12.1 Å². The third-order valence-electron chi connectivity index (χ3n) is 2.65. The normalized spacial score (nSPS) is 10.9. The Bertz CT molecular complexity index is 554. The predicted molar refractivity (Wildman–Crippen MR) is 76.3 cm³/mol. The lowest BCUT2D eigenvalue weighted by Gasteiger charge is -2.06. The third kappa shape index (κ3) is 2.78. The van der Waals surface area contributed by atoms with Crippen molar-refractivity contribution in [2.24, 2.45) is 0 Å². The Morgan fingerprint density at radius 2 is 2.11 bits per heavy atom. The van der Waals surface area contributed by atoms with E-state index in [4.69, 9.17) is 0 Å². The Labute approximate surface area is 119 Å². The fraction of sp³-hybridized carbons (Fsp3) is 0.308. The number of hydrogen-bond acceptors (Lipinski definition) is 2. The van der Waals surface area contributed by atoms with Crippen molar-refractivity contribution in [3.05, 3.63) is 45.9 Å². The summed E-state index contributed by atoms with van der Waals surface area (Å²) in [7, 11) is 0. The van der Waals surface area contributed by atoms with Gasteiger partial charge in [0.2, 0.25) is 0 Å². The van der Waals surface area contributed by atoms with Crippen molar-refractivity contribution < 1.29 is 4.39 Å². The van der Waals surface area contributed by atoms with E-state index in [0.717, 1.165) is 22.4 Å². The van der Waals surface area contributed by atoms with Crippen LogP contribution in [-0.2, 0) is 12.3 Å². The van der Waals surface area contributed by atoms with Gasteiger partial charge in [0.1, 0.15) is 5.82 Å². The number of aryl methyl sites for hydroxylation is 2. The zero-order valence-electron chi connectivity index (χ0n) is 10.3. The molecule has 0 bridgehead atoms. The van der Waals surface area contributed by atoms with Crippen LogP contribution >= 0.6 is 27.7 Å². The van der Waals surface area contributed by atoms with Gasteiger partial charge >= 0.3 is 0 Å². The Morgan fingerprint density at radius 3 is 2.78 bits per heavy atom. The molecular weight excluding hydrogens is 315 g/mol. The zero-order chi connectivity index (χ0) is 13.1. The lowest BCUT2D eigenvalue weighted by molar-refractivity contribution is 0.601. The summed E-state index contributed by atoms with van der Waals surface area (Å²) in [5.74, 6) is 0.536. The average molecular weight is 329 g/mol. The number of hydrogen-bond donors (Lipinski definition) is 0. The largest absolute Gasteiger partial charge is 0.268 e. The smallest absolute Gasteiger partial charge is 0.136 e. The second-order valence-corrected chi connectivity index (χ2v) is 5.69. The van der Waals surface area contributed by atoms with Gasteiger partial charge in [0.15, 0.2) is 0 Å². The van der Waals surface area contributed by atoms with Crippen LogP contribution in [0.3, 0.4) is 0 Å². The van der Waals surface area contributed by atoms with E-state index < -0.39 is 0 Å². The van der Waals surface area contributed by atoms with Crippen LogP contribution in [0.25, 0.3) is 0 Å². The SMILES string of the molecule is CCn1nc(C)c(Br)c1CSc1ccccc1F. The van der Waals surface area contributed by atoms with Crippen LogP contribution in [0.4, 0.5) is 4.39 Å². The van der Waals surface area contributed by atoms with Crippen molar-refractivity contribution in [3.63, 3.8) is 0 Å². The lowest BCUT2D eigenvalue weighted by Crippen LogP contribution is -2.01. The molecule has 96 valence electrons. The standard InChI is InChI=1S/C13H14BrFN2S/c1-3-17-11(13(14)9(2)16-17)8-18-12-7-5-4-6-10(12)15/h4-7H,3,8H2,1-2H3. The minimum Gasteiger partial charge on any atom is -0.268 e. The first-order valence-electron chi connectivity index (χ1n) is 5.72. The highest BCUT2D eigenvalue weighted by molar-refractivity contribution is 9.10. The van der Waals surface area contributed by atoms with Gasteiger partial charge in [0, 0.05) is 17.2 Å². The first kappa shape index (κ1) is 13.6. The topological polar surface area (TPSA) is 17.8 Å². The number of nitrogens with zero attached hydrogens (tertiary/aromatic N) is 2. The van der Waals surface area contributed by atoms with Gasteiger partial charge in [-0.25, -0.2) is 4.39 Å². The predicted octanol–water partition coefficient (Wildman–Crippen LogP) is 4.41. The van der Waals surface area contributed by atoms with Gasteiger partial charge in [-0.2, -0.15) is 5.10 Å². The van der Waals surface area contributed by atoms with Crippen molar-refractivity contribution in [3.8, 4) is 0 Å². The summed E-state index contributed by atoms with van der Waals surface area (Å²) in [6.07, 6.45) is 0. The molecule has 0 fully saturated rings. The molecule has 5 heteroatoms. The highest BCUT2D eigenvalue weighted by Gasteiger charge is 2.13. The molecule has 18 heavy (non-hydrogen) atoms. The molecule has 0 atom stereocenters. The van der Waals surface area contributed by atoms with Crippen molar-refractivity contribution in [1.82, 2.24) is 9.78 Å². The van der Waals surface area contributed by atoms with Gasteiger partial charge in [0.25, 0.3) is 0 Å². The second-order valence-electron chi connectivity index (χ2n) is 3.88. The number of rotatable bonds is 4. The number of thioether (sulfide) groups is 1. The maximum atomic E-state index is 13.5. The molecule has 0 aliphatic rings. The number of aromatic nitrogens is 2. The summed E-state index contributed by atoms with van der Waals surface area (Å²) in [6, 6.07) is 6.84. The Morgan fingerprint density at radius 1 is 1.39 bits per heavy atom. The number of benzene rings is 1. The van der Waals surface area contributed by atoms with E-state index >= 15 is 0 Å². The van der Waals surface area contributed by atoms with Crippen LogP contribution in [0.5, 0.6) is 0 Å². The van der Waals surface area contributed by atoms with Crippen LogP contribution in [0.2, 0.25) is 0 Å². The van der Waals surface area contributed by atoms with Crippen LogP contribution in [0.1, 0.15) is 18.3 Å². The average Bonchev–Trinajstić information content (AvgIpc) is 2.65. The molecule has 1 heterocycles. The minimum atomic E-state index is -0.169. The molecule has 2 nitrogen and oxygen atoms in total. The molecule has 1 aromatic heterocycles. The summed E-state index contributed by atoms with van der Waals surface area (Å²) in [5.41, 5.74) is 2.07. The lowest BCUT2D eigenvalue weighted by atomic mass is 10.3. The minimum absolute atomic E-state index is 0.169. The van der Waals surface area contributed by atoms with Crippen molar-refractivity contribution >= 4 is 27.7 Å². The Balaban J connectivity index is 2.18. The van der Waals surface area contributed by atoms with E-state index in [1.807, 2.05) is 17.7 Å². The van der Waals surface area contributed by atoms with Gasteiger partial charge in [-0.05, 0) is 41.9 Å². The molecule has 2 aromatic rings. The molecule has 0 aliphatic carbocycles. The highest BCUT2D eigenvalue weighted by atomic mass is 79.9. The van der Waals surface area contributed by atoms with E-state index in [1.54, 1.807) is 12.1 Å². The molecule has 0 N–H and O–H groups in total. The highest BCUT2D eigenvalue weighted by Crippen LogP contribution is 2.30. The van der Waals surface area contributed by atoms with Gasteiger partial charge < -0.3 is 0 Å². The van der Waals surface area contributed by atoms with E-state index in [9.17, 15) is 4.39 Å². The maximum absolute atomic E-state index is 13.5. The quantitative estimate of drug-likeness (QED) is 0.774. The number of halogens is 2. The molecule has 0 saturated carbocycles. The first-order valence-corrected chi connectivity index (χ1v) is 7.50. The van der Waals surface area contributed by atoms with Crippen molar-refractivity contribution in [2.45, 2.75) is 31.0 Å². The summed E-state index contributed by atoms with van der Waals surface area (Å²) in [6.45, 7) is 4.84. The molecule has 0 amide bonds. The molecule has 0 spiro atoms. The fourth-order valence-electron chi connectivity index (χ4n) is 1.71. The molecular formula is C13H14BrFN2S. The van der Waals surface area contributed by atoms with E-state index in [-0.39, 0.29) is 5.82 Å². The molecule has 0 radical (unpaired) electrons. The van der Waals surface area contributed by atoms with Crippen molar-refractivity contribution in [1.29, 1.82) is 0 Å². The summed E-state index contributed by atoms with van der Waals surface area (Å²) in [5, 5.41) is 4.43.